The maximum absolute atomic E-state index is 4.35. The van der Waals surface area contributed by atoms with Crippen LogP contribution in [0.4, 0.5) is 0 Å². The van der Waals surface area contributed by atoms with Crippen LogP contribution in [0.1, 0.15) is 57.4 Å². The van der Waals surface area contributed by atoms with Gasteiger partial charge in [-0.25, -0.2) is 9.97 Å². The van der Waals surface area contributed by atoms with Gasteiger partial charge in [-0.2, -0.15) is 0 Å². The lowest BCUT2D eigenvalue weighted by Gasteiger charge is -2.00. The molecule has 158 valence electrons. The summed E-state index contributed by atoms with van der Waals surface area (Å²) in [7, 11) is 0. The number of hydrogen-bond donors (Lipinski definition) is 0. The van der Waals surface area contributed by atoms with E-state index in [2.05, 4.69) is 50.3 Å². The molecule has 0 N–H and O–H groups in total. The SMILES string of the molecule is C/C=C(\N=CC(C)C)c1ncc(C)cn1.C=C(C=N/C(C)=C\C)c1cnc(C)cn1. The topological polar surface area (TPSA) is 76.3 Å². The van der Waals surface area contributed by atoms with E-state index < -0.39 is 0 Å². The summed E-state index contributed by atoms with van der Waals surface area (Å²) < 4.78 is 0. The van der Waals surface area contributed by atoms with Gasteiger partial charge in [-0.05, 0) is 46.1 Å². The molecule has 0 aliphatic heterocycles. The smallest absolute Gasteiger partial charge is 0.177 e. The Kier molecular flexibility index (Phi) is 10.8. The zero-order valence-electron chi connectivity index (χ0n) is 19.1. The summed E-state index contributed by atoms with van der Waals surface area (Å²) in [6, 6.07) is 0. The van der Waals surface area contributed by atoms with Crippen LogP contribution in [0, 0.1) is 19.8 Å². The van der Waals surface area contributed by atoms with Gasteiger partial charge in [0, 0.05) is 42.3 Å². The van der Waals surface area contributed by atoms with E-state index in [0.717, 1.165) is 33.9 Å². The van der Waals surface area contributed by atoms with Crippen molar-refractivity contribution < 1.29 is 0 Å². The molecule has 0 aliphatic rings. The highest BCUT2D eigenvalue weighted by molar-refractivity contribution is 6.08. The van der Waals surface area contributed by atoms with Crippen LogP contribution in [-0.2, 0) is 0 Å². The molecule has 0 bridgehead atoms. The van der Waals surface area contributed by atoms with Crippen molar-refractivity contribution in [1.82, 2.24) is 19.9 Å². The molecule has 0 unspecified atom stereocenters. The highest BCUT2D eigenvalue weighted by Gasteiger charge is 2.01. The van der Waals surface area contributed by atoms with Gasteiger partial charge in [0.1, 0.15) is 5.70 Å². The summed E-state index contributed by atoms with van der Waals surface area (Å²) in [4.78, 5) is 25.4. The van der Waals surface area contributed by atoms with E-state index in [-0.39, 0.29) is 0 Å². The molecule has 2 aromatic heterocycles. The van der Waals surface area contributed by atoms with E-state index >= 15 is 0 Å². The first kappa shape index (κ1) is 24.8. The van der Waals surface area contributed by atoms with Crippen LogP contribution >= 0.6 is 0 Å². The number of hydrogen-bond acceptors (Lipinski definition) is 6. The fourth-order valence-corrected chi connectivity index (χ4v) is 1.89. The van der Waals surface area contributed by atoms with Gasteiger partial charge < -0.3 is 0 Å². The minimum absolute atomic E-state index is 0.436. The van der Waals surface area contributed by atoms with E-state index in [1.54, 1.807) is 31.0 Å². The third-order valence-electron chi connectivity index (χ3n) is 3.75. The predicted molar refractivity (Wildman–Crippen MR) is 127 cm³/mol. The van der Waals surface area contributed by atoms with Crippen LogP contribution < -0.4 is 0 Å². The Balaban J connectivity index is 0.000000300. The van der Waals surface area contributed by atoms with Crippen molar-refractivity contribution in [2.45, 2.75) is 48.5 Å². The van der Waals surface area contributed by atoms with Gasteiger partial charge in [-0.3, -0.25) is 20.0 Å². The second-order valence-corrected chi connectivity index (χ2v) is 7.04. The van der Waals surface area contributed by atoms with E-state index in [1.807, 2.05) is 53.0 Å². The Morgan fingerprint density at radius 3 is 2.10 bits per heavy atom. The molecule has 6 heteroatoms. The lowest BCUT2D eigenvalue weighted by Crippen LogP contribution is -1.94. The summed E-state index contributed by atoms with van der Waals surface area (Å²) in [5, 5.41) is 0. The first-order chi connectivity index (χ1) is 14.3. The third-order valence-corrected chi connectivity index (χ3v) is 3.75. The van der Waals surface area contributed by atoms with Gasteiger partial charge >= 0.3 is 0 Å². The van der Waals surface area contributed by atoms with Gasteiger partial charge in [0.05, 0.1) is 17.6 Å². The molecule has 0 atom stereocenters. The van der Waals surface area contributed by atoms with Gasteiger partial charge in [0.15, 0.2) is 5.82 Å². The van der Waals surface area contributed by atoms with E-state index in [9.17, 15) is 0 Å². The number of aryl methyl sites for hydroxylation is 2. The first-order valence-corrected chi connectivity index (χ1v) is 9.91. The standard InChI is InChI=1S/C12H15N3.C12H17N3/c1-5-10(3)13-6-9(2)12-8-14-11(4)7-15-12;1-5-11(13-6-9(2)3)12-14-7-10(4)8-15-12/h5-8H,2H2,1,3-4H3;5-9H,1-4H3/b10-5-,13-6?;11-5-,13-6?. The normalized spacial score (nSPS) is 12.4. The van der Waals surface area contributed by atoms with Gasteiger partial charge in [-0.1, -0.05) is 32.6 Å². The molecular formula is C24H32N6. The van der Waals surface area contributed by atoms with Crippen LogP contribution in [-0.4, -0.2) is 32.4 Å². The lowest BCUT2D eigenvalue weighted by molar-refractivity contribution is 0.907. The fraction of sp³-hybridized carbons (Fsp3) is 0.333. The van der Waals surface area contributed by atoms with Crippen LogP contribution in [0.25, 0.3) is 11.3 Å². The quantitative estimate of drug-likeness (QED) is 0.582. The molecule has 6 nitrogen and oxygen atoms in total. The Bertz CT molecular complexity index is 917. The van der Waals surface area contributed by atoms with E-state index in [1.165, 1.54) is 0 Å². The average molecular weight is 405 g/mol. The molecule has 30 heavy (non-hydrogen) atoms. The number of rotatable bonds is 6. The van der Waals surface area contributed by atoms with Crippen LogP contribution in [0.3, 0.4) is 0 Å². The molecule has 0 aliphatic carbocycles. The van der Waals surface area contributed by atoms with Crippen molar-refractivity contribution >= 4 is 23.7 Å². The summed E-state index contributed by atoms with van der Waals surface area (Å²) >= 11 is 0. The average Bonchev–Trinajstić information content (AvgIpc) is 2.74. The second-order valence-electron chi connectivity index (χ2n) is 7.04. The minimum atomic E-state index is 0.436. The number of aromatic nitrogens is 4. The number of aliphatic imine (C=N–C) groups is 2. The Labute approximate surface area is 180 Å². The van der Waals surface area contributed by atoms with Gasteiger partial charge in [0.25, 0.3) is 0 Å². The van der Waals surface area contributed by atoms with Crippen molar-refractivity contribution in [2.75, 3.05) is 0 Å². The zero-order chi connectivity index (χ0) is 22.5. The fourth-order valence-electron chi connectivity index (χ4n) is 1.89. The van der Waals surface area contributed by atoms with Crippen molar-refractivity contribution in [1.29, 1.82) is 0 Å². The minimum Gasteiger partial charge on any atom is -0.261 e. The van der Waals surface area contributed by atoms with Crippen molar-refractivity contribution in [3.8, 4) is 0 Å². The second kappa shape index (κ2) is 13.0. The Morgan fingerprint density at radius 2 is 1.60 bits per heavy atom. The van der Waals surface area contributed by atoms with Crippen molar-refractivity contribution in [3.63, 3.8) is 0 Å². The number of allylic oxidation sites excluding steroid dienone is 4. The highest BCUT2D eigenvalue weighted by atomic mass is 14.9. The van der Waals surface area contributed by atoms with Crippen LogP contribution in [0.2, 0.25) is 0 Å². The molecule has 0 fully saturated rings. The highest BCUT2D eigenvalue weighted by Crippen LogP contribution is 2.10. The first-order valence-electron chi connectivity index (χ1n) is 9.91. The zero-order valence-corrected chi connectivity index (χ0v) is 19.1. The molecule has 2 rings (SSSR count). The molecular weight excluding hydrogens is 372 g/mol. The predicted octanol–water partition coefficient (Wildman–Crippen LogP) is 5.67. The maximum atomic E-state index is 4.35. The van der Waals surface area contributed by atoms with Crippen molar-refractivity contribution in [3.05, 3.63) is 72.0 Å². The lowest BCUT2D eigenvalue weighted by atomic mass is 10.2. The Hall–Kier alpha value is -3.28. The van der Waals surface area contributed by atoms with Crippen LogP contribution in [0.5, 0.6) is 0 Å². The monoisotopic (exact) mass is 404 g/mol. The molecule has 0 saturated heterocycles. The van der Waals surface area contributed by atoms with Crippen LogP contribution in [0.15, 0.2) is 59.2 Å². The molecule has 2 heterocycles. The van der Waals surface area contributed by atoms with E-state index in [0.29, 0.717) is 11.7 Å². The summed E-state index contributed by atoms with van der Waals surface area (Å²) in [6.07, 6.45) is 14.5. The summed E-state index contributed by atoms with van der Waals surface area (Å²) in [5.41, 5.74) is 5.26. The number of nitrogens with zero attached hydrogens (tertiary/aromatic N) is 6. The molecule has 2 aromatic rings. The molecule has 0 spiro atoms. The van der Waals surface area contributed by atoms with E-state index in [4.69, 9.17) is 0 Å². The maximum Gasteiger partial charge on any atom is 0.177 e. The van der Waals surface area contributed by atoms with Crippen molar-refractivity contribution in [2.24, 2.45) is 15.9 Å². The Morgan fingerprint density at radius 1 is 0.933 bits per heavy atom. The largest absolute Gasteiger partial charge is 0.261 e. The molecule has 0 amide bonds. The third kappa shape index (κ3) is 9.28. The summed E-state index contributed by atoms with van der Waals surface area (Å²) in [5.74, 6) is 1.12. The molecule has 0 radical (unpaired) electrons. The summed E-state index contributed by atoms with van der Waals surface area (Å²) in [6.45, 7) is 17.8. The molecule has 0 aromatic carbocycles. The molecule has 0 saturated carbocycles. The van der Waals surface area contributed by atoms with Gasteiger partial charge in [0.2, 0.25) is 0 Å². The van der Waals surface area contributed by atoms with Gasteiger partial charge in [-0.15, -0.1) is 0 Å².